The summed E-state index contributed by atoms with van der Waals surface area (Å²) in [5, 5.41) is 32.0. The minimum absolute atomic E-state index is 0.00526. The number of alkyl halides is 1. The van der Waals surface area contributed by atoms with Gasteiger partial charge in [-0.25, -0.2) is 4.39 Å². The van der Waals surface area contributed by atoms with E-state index in [-0.39, 0.29) is 29.7 Å². The molecule has 0 spiro atoms. The van der Waals surface area contributed by atoms with Gasteiger partial charge in [0.1, 0.15) is 12.2 Å². The van der Waals surface area contributed by atoms with Gasteiger partial charge in [0, 0.05) is 39.0 Å². The third-order valence-corrected chi connectivity index (χ3v) is 16.1. The molecule has 0 bridgehead atoms. The largest absolute Gasteiger partial charge is 0.390 e. The van der Waals surface area contributed by atoms with Crippen molar-refractivity contribution in [1.82, 2.24) is 0 Å². The van der Waals surface area contributed by atoms with E-state index in [4.69, 9.17) is 0 Å². The third kappa shape index (κ3) is 9.34. The number of ketones is 4. The van der Waals surface area contributed by atoms with Crippen LogP contribution in [0.4, 0.5) is 4.39 Å². The van der Waals surface area contributed by atoms with Crippen molar-refractivity contribution in [2.75, 3.05) is 6.61 Å². The summed E-state index contributed by atoms with van der Waals surface area (Å²) >= 11 is 0. The van der Waals surface area contributed by atoms with Gasteiger partial charge in [-0.15, -0.1) is 0 Å². The van der Waals surface area contributed by atoms with Crippen LogP contribution >= 0.6 is 0 Å². The Morgan fingerprint density at radius 3 is 2.11 bits per heavy atom. The van der Waals surface area contributed by atoms with Crippen LogP contribution < -0.4 is 0 Å². The molecule has 3 N–H and O–H groups in total. The van der Waals surface area contributed by atoms with Crippen molar-refractivity contribution in [3.05, 3.63) is 82.0 Å². The van der Waals surface area contributed by atoms with Gasteiger partial charge in [-0.05, 0) is 107 Å². The molecular formula is C53H75FO7. The lowest BCUT2D eigenvalue weighted by Gasteiger charge is -2.62. The molecule has 61 heavy (non-hydrogen) atoms. The number of fused-ring (bicyclic) bond motifs is 6. The molecule has 0 radical (unpaired) electrons. The number of benzene rings is 1. The molecule has 7 nitrogen and oxygen atoms in total. The second-order valence-corrected chi connectivity index (χ2v) is 20.7. The van der Waals surface area contributed by atoms with Gasteiger partial charge in [0.2, 0.25) is 0 Å². The average Bonchev–Trinajstić information content (AvgIpc) is 3.41. The number of hydrogen-bond donors (Lipinski definition) is 3. The summed E-state index contributed by atoms with van der Waals surface area (Å²) in [5.41, 5.74) is -1.48. The normalized spacial score (nSPS) is 33.0. The monoisotopic (exact) mass is 843 g/mol. The zero-order valence-corrected chi connectivity index (χ0v) is 38.6. The number of Topliss-reactive ketones (excluding diaryl/α,β-unsaturated/α-hetero) is 3. The van der Waals surface area contributed by atoms with E-state index in [0.29, 0.717) is 53.5 Å². The van der Waals surface area contributed by atoms with Gasteiger partial charge in [-0.2, -0.15) is 0 Å². The van der Waals surface area contributed by atoms with Crippen molar-refractivity contribution >= 4 is 23.1 Å². The van der Waals surface area contributed by atoms with E-state index in [1.54, 1.807) is 45.9 Å². The minimum atomic E-state index is -1.98. The zero-order chi connectivity index (χ0) is 45.1. The molecule has 0 amide bonds. The number of carbonyl (C=O) groups is 4. The topological polar surface area (TPSA) is 129 Å². The summed E-state index contributed by atoms with van der Waals surface area (Å²) in [4.78, 5) is 49.9. The van der Waals surface area contributed by atoms with E-state index in [1.165, 1.54) is 69.1 Å². The molecule has 336 valence electrons. The van der Waals surface area contributed by atoms with Crippen molar-refractivity contribution < 1.29 is 38.9 Å². The van der Waals surface area contributed by atoms with Crippen LogP contribution in [0.1, 0.15) is 173 Å². The smallest absolute Gasteiger partial charge is 0.190 e. The predicted molar refractivity (Wildman–Crippen MR) is 241 cm³/mol. The predicted octanol–water partition coefficient (Wildman–Crippen LogP) is 11.1. The molecule has 0 saturated heterocycles. The second-order valence-electron chi connectivity index (χ2n) is 20.7. The highest BCUT2D eigenvalue weighted by Gasteiger charge is 2.75. The van der Waals surface area contributed by atoms with Gasteiger partial charge < -0.3 is 15.3 Å². The lowest BCUT2D eigenvalue weighted by atomic mass is 9.44. The van der Waals surface area contributed by atoms with Crippen LogP contribution in [0.3, 0.4) is 0 Å². The van der Waals surface area contributed by atoms with Gasteiger partial charge in [-0.1, -0.05) is 134 Å². The Hall–Kier alpha value is -3.33. The molecule has 6 rings (SSSR count). The summed E-state index contributed by atoms with van der Waals surface area (Å²) < 4.78 is 16.9. The standard InChI is InChI=1S/C31H46O2.C22H29FO5/c1-22(2)12-9-13-23(3)14-10-15-24(4)16-11-17-25(5)20-21-27-26(6)30(32)28-18-7-8-19-29(28)31(27)33;1-12-8-16-15-5-4-13-9-14(25)6-7-19(13,2)21(15,23)17(26)10-20(16,3)22(12,28)18(27)11-24/h7-8,18-20,22-24H,9-17,21H2,1-6H3;6-7,9,12,15-17,24,26,28H,4-5,8,10-11H2,1-3H3/b25-20+;/t23-,24-;12-,15-,16-,17-,19-,20-,21-,22-/m10/s1. The van der Waals surface area contributed by atoms with Crippen molar-refractivity contribution in [2.45, 2.75) is 170 Å². The number of carbonyl (C=O) groups excluding carboxylic acids is 4. The van der Waals surface area contributed by atoms with Crippen LogP contribution in [0.15, 0.2) is 70.9 Å². The van der Waals surface area contributed by atoms with E-state index in [1.807, 2.05) is 12.1 Å². The van der Waals surface area contributed by atoms with Crippen LogP contribution in [0, 0.1) is 46.3 Å². The molecule has 0 aromatic heterocycles. The molecule has 5 aliphatic carbocycles. The molecule has 0 heterocycles. The van der Waals surface area contributed by atoms with Gasteiger partial charge >= 0.3 is 0 Å². The van der Waals surface area contributed by atoms with Crippen LogP contribution in [0.2, 0.25) is 0 Å². The van der Waals surface area contributed by atoms with Crippen molar-refractivity contribution in [2.24, 2.45) is 46.3 Å². The van der Waals surface area contributed by atoms with E-state index in [9.17, 15) is 34.5 Å². The number of halogens is 1. The first-order chi connectivity index (χ1) is 28.7. The lowest BCUT2D eigenvalue weighted by Crippen LogP contribution is -2.69. The highest BCUT2D eigenvalue weighted by Crippen LogP contribution is 2.70. The second kappa shape index (κ2) is 19.6. The van der Waals surface area contributed by atoms with Crippen molar-refractivity contribution in [1.29, 1.82) is 0 Å². The Morgan fingerprint density at radius 1 is 0.918 bits per heavy atom. The molecule has 1 aromatic rings. The Morgan fingerprint density at radius 2 is 1.51 bits per heavy atom. The minimum Gasteiger partial charge on any atom is -0.390 e. The molecule has 8 heteroatoms. The maximum Gasteiger partial charge on any atom is 0.190 e. The van der Waals surface area contributed by atoms with Crippen LogP contribution in [0.5, 0.6) is 0 Å². The van der Waals surface area contributed by atoms with E-state index >= 15 is 4.39 Å². The van der Waals surface area contributed by atoms with E-state index < -0.39 is 52.4 Å². The molecule has 3 saturated carbocycles. The fourth-order valence-corrected chi connectivity index (χ4v) is 12.1. The molecule has 10 atom stereocenters. The fraction of sp³-hybridized carbons (Fsp3) is 0.660. The zero-order valence-electron chi connectivity index (χ0n) is 38.6. The molecular weight excluding hydrogens is 768 g/mol. The van der Waals surface area contributed by atoms with Gasteiger partial charge in [-0.3, -0.25) is 19.2 Å². The van der Waals surface area contributed by atoms with Crippen molar-refractivity contribution in [3.8, 4) is 0 Å². The van der Waals surface area contributed by atoms with E-state index in [0.717, 1.165) is 24.2 Å². The Labute approximate surface area is 365 Å². The summed E-state index contributed by atoms with van der Waals surface area (Å²) in [6, 6.07) is 7.18. The highest BCUT2D eigenvalue weighted by atomic mass is 19.1. The molecule has 0 aliphatic heterocycles. The number of allylic oxidation sites excluding steroid dienone is 8. The summed E-state index contributed by atoms with van der Waals surface area (Å²) in [6.07, 6.45) is 18.9. The van der Waals surface area contributed by atoms with E-state index in [2.05, 4.69) is 40.7 Å². The maximum atomic E-state index is 16.9. The molecule has 1 aromatic carbocycles. The first-order valence-electron chi connectivity index (χ1n) is 23.4. The first kappa shape index (κ1) is 48.7. The van der Waals surface area contributed by atoms with Gasteiger partial charge in [0.05, 0.1) is 6.10 Å². The van der Waals surface area contributed by atoms with Gasteiger partial charge in [0.25, 0.3) is 0 Å². The number of aliphatic hydroxyl groups excluding tert-OH is 2. The molecule has 0 unspecified atom stereocenters. The lowest BCUT2D eigenvalue weighted by molar-refractivity contribution is -0.219. The summed E-state index contributed by atoms with van der Waals surface area (Å²) in [7, 11) is 0. The fourth-order valence-electron chi connectivity index (χ4n) is 12.1. The van der Waals surface area contributed by atoms with Crippen LogP contribution in [-0.2, 0) is 9.59 Å². The number of rotatable bonds is 16. The van der Waals surface area contributed by atoms with Crippen molar-refractivity contribution in [3.63, 3.8) is 0 Å². The van der Waals surface area contributed by atoms with Crippen LogP contribution in [0.25, 0.3) is 0 Å². The summed E-state index contributed by atoms with van der Waals surface area (Å²) in [6.45, 7) is 17.9. The molecule has 5 aliphatic rings. The number of hydrogen-bond acceptors (Lipinski definition) is 7. The van der Waals surface area contributed by atoms with Gasteiger partial charge in [0.15, 0.2) is 28.8 Å². The SMILES string of the molecule is CC1=C(C/C=C(\C)CCC[C@H](C)CCC[C@H](C)CCCC(C)C)C(=O)c2ccccc2C1=O.C[C@H]1C[C@H]2[C@@H]3CCC4=CC(=O)C=C[C@]4(C)[C@@]3(F)[C@@H](O)C[C@]2(C)[C@@]1(O)C(=O)CO. The summed E-state index contributed by atoms with van der Waals surface area (Å²) in [5.74, 6) is 0.359. The number of aliphatic hydroxyl groups is 3. The molecule has 3 fully saturated rings. The van der Waals surface area contributed by atoms with Crippen LogP contribution in [-0.4, -0.2) is 62.4 Å². The average molecular weight is 843 g/mol. The Bertz CT molecular complexity index is 1940. The Kier molecular flexibility index (Phi) is 15.6. The first-order valence-corrected chi connectivity index (χ1v) is 23.4. The third-order valence-electron chi connectivity index (χ3n) is 16.1. The quantitative estimate of drug-likeness (QED) is 0.141. The Balaban J connectivity index is 0.000000233. The maximum absolute atomic E-state index is 16.9. The highest BCUT2D eigenvalue weighted by molar-refractivity contribution is 6.26.